The number of carbonyl (C=O) groups excluding carboxylic acids is 1. The summed E-state index contributed by atoms with van der Waals surface area (Å²) in [5, 5.41) is 12.4. The van der Waals surface area contributed by atoms with Gasteiger partial charge < -0.3 is 10.1 Å². The molecule has 0 saturated carbocycles. The van der Waals surface area contributed by atoms with E-state index in [2.05, 4.69) is 15.5 Å². The molecule has 0 fully saturated rings. The number of nitrogens with zero attached hydrogens (tertiary/aromatic N) is 2. The van der Waals surface area contributed by atoms with E-state index in [1.807, 2.05) is 85.8 Å². The van der Waals surface area contributed by atoms with Crippen LogP contribution in [0.1, 0.15) is 17.3 Å². The fourth-order valence-corrected chi connectivity index (χ4v) is 3.12. The Bertz CT molecular complexity index is 1130. The Kier molecular flexibility index (Phi) is 4.97. The second-order valence-corrected chi connectivity index (χ2v) is 6.19. The minimum absolute atomic E-state index is 0.253. The summed E-state index contributed by atoms with van der Waals surface area (Å²) in [6.07, 6.45) is 0. The van der Waals surface area contributed by atoms with Crippen LogP contribution in [0.2, 0.25) is 0 Å². The molecule has 28 heavy (non-hydrogen) atoms. The number of para-hydroxylation sites is 2. The maximum atomic E-state index is 13.3. The zero-order chi connectivity index (χ0) is 19.3. The maximum absolute atomic E-state index is 13.3. The molecule has 0 aliphatic carbocycles. The first-order chi connectivity index (χ1) is 13.8. The number of nitrogens with one attached hydrogen (secondary N) is 1. The van der Waals surface area contributed by atoms with Crippen LogP contribution in [0.25, 0.3) is 22.2 Å². The largest absolute Gasteiger partial charge is 0.492 e. The normalized spacial score (nSPS) is 10.6. The summed E-state index contributed by atoms with van der Waals surface area (Å²) in [6.45, 7) is 2.42. The van der Waals surface area contributed by atoms with Crippen molar-refractivity contribution >= 4 is 22.5 Å². The molecule has 1 amide bonds. The molecule has 4 rings (SSSR count). The Morgan fingerprint density at radius 1 is 0.893 bits per heavy atom. The molecule has 1 N–H and O–H groups in total. The first-order valence-corrected chi connectivity index (χ1v) is 9.12. The summed E-state index contributed by atoms with van der Waals surface area (Å²) in [5.74, 6) is 0.378. The predicted octanol–water partition coefficient (Wildman–Crippen LogP) is 4.95. The van der Waals surface area contributed by atoms with Gasteiger partial charge in [0.05, 0.1) is 23.4 Å². The van der Waals surface area contributed by atoms with Crippen LogP contribution in [0.4, 0.5) is 5.69 Å². The van der Waals surface area contributed by atoms with Gasteiger partial charge in [-0.3, -0.25) is 4.79 Å². The van der Waals surface area contributed by atoms with E-state index in [9.17, 15) is 4.79 Å². The highest BCUT2D eigenvalue weighted by atomic mass is 16.5. The number of carbonyl (C=O) groups is 1. The van der Waals surface area contributed by atoms with Gasteiger partial charge in [-0.15, -0.1) is 10.2 Å². The molecule has 0 bridgehead atoms. The summed E-state index contributed by atoms with van der Waals surface area (Å²) in [6, 6.07) is 24.5. The van der Waals surface area contributed by atoms with Crippen LogP contribution in [0.15, 0.2) is 78.9 Å². The summed E-state index contributed by atoms with van der Waals surface area (Å²) < 4.78 is 5.63. The number of hydrogen-bond donors (Lipinski definition) is 1. The summed E-state index contributed by atoms with van der Waals surface area (Å²) in [4.78, 5) is 13.3. The van der Waals surface area contributed by atoms with Gasteiger partial charge in [0.2, 0.25) is 0 Å². The van der Waals surface area contributed by atoms with E-state index in [4.69, 9.17) is 4.74 Å². The average molecular weight is 369 g/mol. The second kappa shape index (κ2) is 7.88. The average Bonchev–Trinajstić information content (AvgIpc) is 2.75. The van der Waals surface area contributed by atoms with Crippen LogP contribution in [0.3, 0.4) is 0 Å². The molecule has 5 nitrogen and oxygen atoms in total. The molecule has 0 spiro atoms. The summed E-state index contributed by atoms with van der Waals surface area (Å²) >= 11 is 0. The fraction of sp³-hybridized carbons (Fsp3) is 0.0870. The number of fused-ring (bicyclic) bond motifs is 1. The second-order valence-electron chi connectivity index (χ2n) is 6.19. The minimum atomic E-state index is -0.253. The van der Waals surface area contributed by atoms with Crippen molar-refractivity contribution in [3.63, 3.8) is 0 Å². The van der Waals surface area contributed by atoms with E-state index in [1.165, 1.54) is 0 Å². The van der Waals surface area contributed by atoms with Crippen molar-refractivity contribution < 1.29 is 9.53 Å². The van der Waals surface area contributed by atoms with Crippen molar-refractivity contribution in [2.75, 3.05) is 11.9 Å². The van der Waals surface area contributed by atoms with E-state index in [-0.39, 0.29) is 5.91 Å². The Morgan fingerprint density at radius 2 is 1.61 bits per heavy atom. The van der Waals surface area contributed by atoms with Crippen molar-refractivity contribution in [2.24, 2.45) is 0 Å². The lowest BCUT2D eigenvalue weighted by Crippen LogP contribution is -2.16. The lowest BCUT2D eigenvalue weighted by atomic mass is 10.0. The third kappa shape index (κ3) is 3.42. The molecule has 0 aliphatic heterocycles. The number of amides is 1. The van der Waals surface area contributed by atoms with Gasteiger partial charge in [0.1, 0.15) is 11.4 Å². The quantitative estimate of drug-likeness (QED) is 0.541. The van der Waals surface area contributed by atoms with Crippen LogP contribution >= 0.6 is 0 Å². The lowest BCUT2D eigenvalue weighted by molar-refractivity contribution is 0.102. The molecular formula is C23H19N3O2. The van der Waals surface area contributed by atoms with Crippen molar-refractivity contribution in [3.8, 4) is 17.0 Å². The zero-order valence-corrected chi connectivity index (χ0v) is 15.4. The number of hydrogen-bond acceptors (Lipinski definition) is 4. The van der Waals surface area contributed by atoms with Gasteiger partial charge in [-0.05, 0) is 25.1 Å². The van der Waals surface area contributed by atoms with Crippen molar-refractivity contribution in [3.05, 3.63) is 84.4 Å². The third-order valence-electron chi connectivity index (χ3n) is 4.38. The molecule has 0 unspecified atom stereocenters. The van der Waals surface area contributed by atoms with Gasteiger partial charge in [-0.2, -0.15) is 0 Å². The Hall–Kier alpha value is -3.73. The number of ether oxygens (including phenoxy) is 1. The van der Waals surface area contributed by atoms with Gasteiger partial charge in [-0.1, -0.05) is 60.7 Å². The van der Waals surface area contributed by atoms with Crippen LogP contribution in [-0.2, 0) is 0 Å². The highest BCUT2D eigenvalue weighted by Gasteiger charge is 2.20. The molecule has 1 aromatic heterocycles. The first kappa shape index (κ1) is 17.7. The lowest BCUT2D eigenvalue weighted by Gasteiger charge is -2.14. The maximum Gasteiger partial charge on any atom is 0.258 e. The molecular weight excluding hydrogens is 350 g/mol. The topological polar surface area (TPSA) is 64.1 Å². The first-order valence-electron chi connectivity index (χ1n) is 9.12. The van der Waals surface area contributed by atoms with Gasteiger partial charge in [0.25, 0.3) is 5.91 Å². The molecule has 3 aromatic carbocycles. The minimum Gasteiger partial charge on any atom is -0.492 e. The smallest absolute Gasteiger partial charge is 0.258 e. The van der Waals surface area contributed by atoms with E-state index in [0.29, 0.717) is 34.8 Å². The van der Waals surface area contributed by atoms with Gasteiger partial charge >= 0.3 is 0 Å². The van der Waals surface area contributed by atoms with E-state index >= 15 is 0 Å². The van der Waals surface area contributed by atoms with E-state index in [0.717, 1.165) is 10.9 Å². The van der Waals surface area contributed by atoms with Crippen LogP contribution in [0.5, 0.6) is 5.75 Å². The van der Waals surface area contributed by atoms with E-state index in [1.54, 1.807) is 0 Å². The fourth-order valence-electron chi connectivity index (χ4n) is 3.12. The van der Waals surface area contributed by atoms with Crippen molar-refractivity contribution in [2.45, 2.75) is 6.92 Å². The van der Waals surface area contributed by atoms with Crippen molar-refractivity contribution in [1.29, 1.82) is 0 Å². The molecule has 0 atom stereocenters. The molecule has 4 aromatic rings. The highest BCUT2D eigenvalue weighted by Crippen LogP contribution is 2.29. The number of aromatic nitrogens is 2. The van der Waals surface area contributed by atoms with Crippen LogP contribution in [-0.4, -0.2) is 22.7 Å². The standard InChI is InChI=1S/C23H19N3O2/c1-2-28-20-15-9-8-14-19(20)24-23(27)21-17-12-6-7-13-18(17)25-26-22(21)16-10-4-3-5-11-16/h3-15H,2H2,1H3,(H,24,27). The predicted molar refractivity (Wildman–Crippen MR) is 111 cm³/mol. The Morgan fingerprint density at radius 3 is 2.43 bits per heavy atom. The Balaban J connectivity index is 1.84. The highest BCUT2D eigenvalue weighted by molar-refractivity contribution is 6.16. The number of benzene rings is 3. The zero-order valence-electron chi connectivity index (χ0n) is 15.4. The molecule has 0 radical (unpaired) electrons. The van der Waals surface area contributed by atoms with E-state index < -0.39 is 0 Å². The third-order valence-corrected chi connectivity index (χ3v) is 4.38. The van der Waals surface area contributed by atoms with Crippen molar-refractivity contribution in [1.82, 2.24) is 10.2 Å². The van der Waals surface area contributed by atoms with Gasteiger partial charge in [-0.25, -0.2) is 0 Å². The molecule has 1 heterocycles. The summed E-state index contributed by atoms with van der Waals surface area (Å²) in [5.41, 5.74) is 3.16. The molecule has 138 valence electrons. The number of anilines is 1. The SMILES string of the molecule is CCOc1ccccc1NC(=O)c1c(-c2ccccc2)nnc2ccccc12. The van der Waals surface area contributed by atoms with Gasteiger partial charge in [0.15, 0.2) is 0 Å². The van der Waals surface area contributed by atoms with Gasteiger partial charge in [0, 0.05) is 10.9 Å². The molecule has 5 heteroatoms. The molecule has 0 aliphatic rings. The monoisotopic (exact) mass is 369 g/mol. The molecule has 0 saturated heterocycles. The van der Waals surface area contributed by atoms with Crippen LogP contribution < -0.4 is 10.1 Å². The van der Waals surface area contributed by atoms with Crippen LogP contribution in [0, 0.1) is 0 Å². The summed E-state index contributed by atoms with van der Waals surface area (Å²) in [7, 11) is 0. The Labute approximate surface area is 163 Å². The number of rotatable bonds is 5.